The van der Waals surface area contributed by atoms with Crippen molar-refractivity contribution in [2.24, 2.45) is 0 Å². The number of nitrogens with one attached hydrogen (secondary N) is 1. The molecule has 2 N–H and O–H groups in total. The molecule has 206 valence electrons. The standard InChI is InChI=1S/C28H27ClN2O7.K.H2O/c1-4-38-28(35)24-21(15-37-14-13-31-25(32)17-9-5-6-10-18(17)26(31)33)30-16(2)22(27(34)36-3)23(24)19-11-7-8-12-20(19)29;;/h5-12,23,30H,4,13-15H2,1-3H3;;1H2/q;+1;/p-1. The van der Waals surface area contributed by atoms with E-state index in [4.69, 9.17) is 25.8 Å². The van der Waals surface area contributed by atoms with Crippen molar-refractivity contribution in [3.05, 3.63) is 92.8 Å². The second-order valence-electron chi connectivity index (χ2n) is 8.58. The van der Waals surface area contributed by atoms with Crippen LogP contribution in [0.2, 0.25) is 5.02 Å². The number of dihydropyridines is 1. The Morgan fingerprint density at radius 1 is 0.975 bits per heavy atom. The number of carbonyl (C=O) groups excluding carboxylic acids is 4. The van der Waals surface area contributed by atoms with Crippen molar-refractivity contribution in [1.29, 1.82) is 0 Å². The monoisotopic (exact) mass is 594 g/mol. The average molecular weight is 595 g/mol. The molecule has 40 heavy (non-hydrogen) atoms. The number of ether oxygens (including phenoxy) is 3. The maximum Gasteiger partial charge on any atom is 1.00 e. The molecule has 1 atom stereocenters. The van der Waals surface area contributed by atoms with E-state index in [1.54, 1.807) is 62.4 Å². The van der Waals surface area contributed by atoms with Gasteiger partial charge in [-0.05, 0) is 37.6 Å². The van der Waals surface area contributed by atoms with Gasteiger partial charge in [-0.2, -0.15) is 0 Å². The fraction of sp³-hybridized carbons (Fsp3) is 0.286. The molecule has 2 aromatic rings. The molecule has 10 nitrogen and oxygen atoms in total. The summed E-state index contributed by atoms with van der Waals surface area (Å²) in [6.07, 6.45) is 0. The maximum atomic E-state index is 13.2. The van der Waals surface area contributed by atoms with E-state index in [-0.39, 0.29) is 106 Å². The van der Waals surface area contributed by atoms with E-state index in [1.165, 1.54) is 7.11 Å². The summed E-state index contributed by atoms with van der Waals surface area (Å²) in [5.74, 6) is -2.88. The summed E-state index contributed by atoms with van der Waals surface area (Å²) < 4.78 is 16.2. The van der Waals surface area contributed by atoms with Crippen LogP contribution in [0.15, 0.2) is 71.1 Å². The van der Waals surface area contributed by atoms with Crippen LogP contribution in [-0.2, 0) is 23.8 Å². The second kappa shape index (κ2) is 15.0. The predicted molar refractivity (Wildman–Crippen MR) is 140 cm³/mol. The molecule has 0 saturated heterocycles. The number of esters is 2. The van der Waals surface area contributed by atoms with E-state index < -0.39 is 17.9 Å². The summed E-state index contributed by atoms with van der Waals surface area (Å²) >= 11 is 6.51. The van der Waals surface area contributed by atoms with Gasteiger partial charge in [0.2, 0.25) is 0 Å². The first-order valence-corrected chi connectivity index (χ1v) is 12.4. The SMILES string of the molecule is CCOC(=O)C1=C(COCCN2C(=O)c3ccccc3C2=O)NC(C)=C(C(=O)OC)C1c1ccccc1Cl.[K+].[OH-]. The Hall–Kier alpha value is -2.35. The van der Waals surface area contributed by atoms with Gasteiger partial charge in [-0.3, -0.25) is 14.5 Å². The molecule has 2 aliphatic heterocycles. The number of benzene rings is 2. The Morgan fingerprint density at radius 3 is 2.15 bits per heavy atom. The fourth-order valence-corrected chi connectivity index (χ4v) is 4.88. The number of allylic oxidation sites excluding steroid dienone is 1. The number of fused-ring (bicyclic) bond motifs is 1. The zero-order chi connectivity index (χ0) is 27.4. The van der Waals surface area contributed by atoms with Gasteiger partial charge in [-0.15, -0.1) is 0 Å². The molecule has 0 radical (unpaired) electrons. The van der Waals surface area contributed by atoms with Gasteiger partial charge in [0.1, 0.15) is 0 Å². The molecular weight excluding hydrogens is 567 g/mol. The first kappa shape index (κ1) is 33.9. The molecular formula is C28H28ClKN2O8. The molecule has 0 saturated carbocycles. The normalized spacial score (nSPS) is 16.1. The van der Waals surface area contributed by atoms with Crippen molar-refractivity contribution in [2.45, 2.75) is 19.8 Å². The van der Waals surface area contributed by atoms with Gasteiger partial charge >= 0.3 is 63.3 Å². The summed E-state index contributed by atoms with van der Waals surface area (Å²) in [5.41, 5.74) is 2.47. The molecule has 0 aliphatic carbocycles. The Labute approximate surface area is 279 Å². The van der Waals surface area contributed by atoms with Crippen molar-refractivity contribution < 1.29 is 90.2 Å². The third-order valence-corrected chi connectivity index (χ3v) is 6.69. The van der Waals surface area contributed by atoms with Gasteiger partial charge in [0.05, 0.1) is 67.4 Å². The zero-order valence-electron chi connectivity index (χ0n) is 22.7. The molecule has 0 aromatic heterocycles. The Morgan fingerprint density at radius 2 is 1.57 bits per heavy atom. The molecule has 1 unspecified atom stereocenters. The average Bonchev–Trinajstić information content (AvgIpc) is 3.15. The van der Waals surface area contributed by atoms with Crippen LogP contribution in [0.1, 0.15) is 46.0 Å². The summed E-state index contributed by atoms with van der Waals surface area (Å²) in [6, 6.07) is 13.5. The number of rotatable bonds is 9. The van der Waals surface area contributed by atoms with E-state index in [9.17, 15) is 19.2 Å². The number of halogens is 1. The number of amides is 2. The van der Waals surface area contributed by atoms with Crippen LogP contribution >= 0.6 is 11.6 Å². The zero-order valence-corrected chi connectivity index (χ0v) is 26.5. The van der Waals surface area contributed by atoms with Gasteiger partial charge in [-0.1, -0.05) is 41.9 Å². The molecule has 0 fully saturated rings. The van der Waals surface area contributed by atoms with Crippen molar-refractivity contribution >= 4 is 35.4 Å². The third kappa shape index (κ3) is 6.75. The van der Waals surface area contributed by atoms with Gasteiger partial charge in [-0.25, -0.2) is 9.59 Å². The molecule has 2 aliphatic rings. The smallest absolute Gasteiger partial charge is 0.870 e. The molecule has 0 spiro atoms. The first-order chi connectivity index (χ1) is 18.3. The largest absolute Gasteiger partial charge is 1.00 e. The number of hydrogen-bond acceptors (Lipinski definition) is 9. The Bertz CT molecular complexity index is 1340. The van der Waals surface area contributed by atoms with Crippen molar-refractivity contribution in [1.82, 2.24) is 10.2 Å². The summed E-state index contributed by atoms with van der Waals surface area (Å²) in [4.78, 5) is 52.4. The van der Waals surface area contributed by atoms with Crippen molar-refractivity contribution in [3.63, 3.8) is 0 Å². The van der Waals surface area contributed by atoms with Crippen molar-refractivity contribution in [2.75, 3.05) is 33.5 Å². The van der Waals surface area contributed by atoms with E-state index >= 15 is 0 Å². The second-order valence-corrected chi connectivity index (χ2v) is 8.99. The summed E-state index contributed by atoms with van der Waals surface area (Å²) in [6.45, 7) is 3.46. The fourth-order valence-electron chi connectivity index (χ4n) is 4.63. The van der Waals surface area contributed by atoms with Crippen LogP contribution in [0, 0.1) is 0 Å². The number of carbonyl (C=O) groups is 4. The number of imide groups is 1. The molecule has 12 heteroatoms. The van der Waals surface area contributed by atoms with Crippen molar-refractivity contribution in [3.8, 4) is 0 Å². The molecule has 0 bridgehead atoms. The minimum absolute atomic E-state index is 0. The number of hydrogen-bond donors (Lipinski definition) is 1. The predicted octanol–water partition coefficient (Wildman–Crippen LogP) is 0.431. The van der Waals surface area contributed by atoms with E-state index in [0.717, 1.165) is 4.90 Å². The van der Waals surface area contributed by atoms with Crippen LogP contribution in [0.4, 0.5) is 0 Å². The molecule has 2 aromatic carbocycles. The van der Waals surface area contributed by atoms with Gasteiger partial charge in [0, 0.05) is 10.7 Å². The van der Waals surface area contributed by atoms with Gasteiger partial charge < -0.3 is 25.0 Å². The summed E-state index contributed by atoms with van der Waals surface area (Å²) in [5, 5.41) is 3.45. The summed E-state index contributed by atoms with van der Waals surface area (Å²) in [7, 11) is 1.26. The Kier molecular flexibility index (Phi) is 12.7. The minimum atomic E-state index is -0.869. The number of nitrogens with zero attached hydrogens (tertiary/aromatic N) is 1. The minimum Gasteiger partial charge on any atom is -0.870 e. The molecule has 2 amide bonds. The topological polar surface area (TPSA) is 141 Å². The van der Waals surface area contributed by atoms with Crippen LogP contribution in [0.3, 0.4) is 0 Å². The van der Waals surface area contributed by atoms with Crippen LogP contribution in [-0.4, -0.2) is 67.6 Å². The van der Waals surface area contributed by atoms with Gasteiger partial charge in [0.15, 0.2) is 0 Å². The molecule has 4 rings (SSSR count). The van der Waals surface area contributed by atoms with Crippen LogP contribution in [0.5, 0.6) is 0 Å². The van der Waals surface area contributed by atoms with E-state index in [1.807, 2.05) is 0 Å². The first-order valence-electron chi connectivity index (χ1n) is 12.0. The van der Waals surface area contributed by atoms with Crippen LogP contribution < -0.4 is 56.7 Å². The maximum absolute atomic E-state index is 13.2. The van der Waals surface area contributed by atoms with E-state index in [0.29, 0.717) is 33.1 Å². The quantitative estimate of drug-likeness (QED) is 0.189. The van der Waals surface area contributed by atoms with E-state index in [2.05, 4.69) is 5.32 Å². The third-order valence-electron chi connectivity index (χ3n) is 6.35. The Balaban J connectivity index is 0.00000280. The number of methoxy groups -OCH3 is 1. The van der Waals surface area contributed by atoms with Gasteiger partial charge in [0.25, 0.3) is 11.8 Å². The van der Waals surface area contributed by atoms with Crippen LogP contribution in [0.25, 0.3) is 0 Å². The molecule has 2 heterocycles.